The van der Waals surface area contributed by atoms with Gasteiger partial charge in [0.15, 0.2) is 0 Å². The van der Waals surface area contributed by atoms with Crippen LogP contribution in [-0.2, 0) is 12.4 Å². The molecule has 0 spiro atoms. The lowest BCUT2D eigenvalue weighted by Crippen LogP contribution is -2.18. The number of imidazole rings is 1. The molecule has 1 aromatic carbocycles. The van der Waals surface area contributed by atoms with E-state index >= 15 is 0 Å². The molecule has 4 rings (SSSR count). The highest BCUT2D eigenvalue weighted by atomic mass is 35.5. The molecule has 0 saturated heterocycles. The molecule has 0 aliphatic heterocycles. The average Bonchev–Trinajstić information content (AvgIpc) is 3.15. The Hall–Kier alpha value is -0.440. The van der Waals surface area contributed by atoms with E-state index in [4.69, 9.17) is 34.8 Å². The molecule has 5 heteroatoms. The highest BCUT2D eigenvalue weighted by Crippen LogP contribution is 2.49. The van der Waals surface area contributed by atoms with Crippen LogP contribution in [0.2, 0.25) is 10.0 Å². The summed E-state index contributed by atoms with van der Waals surface area (Å²) in [5.41, 5.74) is 1.95. The van der Waals surface area contributed by atoms with Crippen LogP contribution in [0.3, 0.4) is 0 Å². The molecule has 2 nitrogen and oxygen atoms in total. The summed E-state index contributed by atoms with van der Waals surface area (Å²) in [5, 5.41) is 1.13. The second-order valence-corrected chi connectivity index (χ2v) is 7.54. The molecule has 3 unspecified atom stereocenters. The van der Waals surface area contributed by atoms with Crippen molar-refractivity contribution in [2.45, 2.75) is 38.1 Å². The van der Waals surface area contributed by atoms with Crippen molar-refractivity contribution >= 4 is 45.8 Å². The van der Waals surface area contributed by atoms with Gasteiger partial charge in [0, 0.05) is 6.54 Å². The minimum absolute atomic E-state index is 0.421. The maximum Gasteiger partial charge on any atom is 0.124 e. The number of halogens is 3. The van der Waals surface area contributed by atoms with Crippen molar-refractivity contribution in [1.29, 1.82) is 0 Å². The maximum atomic E-state index is 6.19. The number of aromatic nitrogens is 2. The van der Waals surface area contributed by atoms with Crippen molar-refractivity contribution in [2.75, 3.05) is 0 Å². The minimum atomic E-state index is 0.421. The first-order valence-corrected chi connectivity index (χ1v) is 8.85. The molecule has 112 valence electrons. The molecule has 1 aromatic heterocycles. The lowest BCUT2D eigenvalue weighted by molar-refractivity contribution is 0.296. The predicted octanol–water partition coefficient (Wildman–Crippen LogP) is 5.52. The van der Waals surface area contributed by atoms with Crippen LogP contribution in [0.1, 0.15) is 31.5 Å². The fraction of sp³-hybridized carbons (Fsp3) is 0.562. The van der Waals surface area contributed by atoms with E-state index in [1.807, 2.05) is 12.1 Å². The molecule has 1 heterocycles. The number of hydrogen-bond donors (Lipinski definition) is 0. The quantitative estimate of drug-likeness (QED) is 0.671. The van der Waals surface area contributed by atoms with Crippen molar-refractivity contribution in [2.24, 2.45) is 17.8 Å². The van der Waals surface area contributed by atoms with Gasteiger partial charge in [-0.1, -0.05) is 29.6 Å². The van der Waals surface area contributed by atoms with Gasteiger partial charge in [0.2, 0.25) is 0 Å². The number of benzene rings is 1. The molecular formula is C16H17Cl3N2. The van der Waals surface area contributed by atoms with Crippen molar-refractivity contribution < 1.29 is 0 Å². The SMILES string of the molecule is ClCc1nc2cc(Cl)c(Cl)cc2n1CC1CC2CCC1C2. The Morgan fingerprint density at radius 1 is 1.14 bits per heavy atom. The van der Waals surface area contributed by atoms with Crippen LogP contribution in [0.5, 0.6) is 0 Å². The normalized spacial score (nSPS) is 27.9. The summed E-state index contributed by atoms with van der Waals surface area (Å²) < 4.78 is 2.26. The van der Waals surface area contributed by atoms with Gasteiger partial charge in [-0.25, -0.2) is 4.98 Å². The highest BCUT2D eigenvalue weighted by Gasteiger charge is 2.39. The van der Waals surface area contributed by atoms with Crippen LogP contribution in [0.4, 0.5) is 0 Å². The van der Waals surface area contributed by atoms with E-state index in [1.54, 1.807) is 0 Å². The molecule has 3 atom stereocenters. The predicted molar refractivity (Wildman–Crippen MR) is 88.2 cm³/mol. The van der Waals surface area contributed by atoms with E-state index in [0.29, 0.717) is 15.9 Å². The standard InChI is InChI=1S/C16H17Cl3N2/c17-7-16-20-14-5-12(18)13(19)6-15(14)21(16)8-11-4-9-1-2-10(11)3-9/h5-6,9-11H,1-4,7-8H2. The number of nitrogens with zero attached hydrogens (tertiary/aromatic N) is 2. The Kier molecular flexibility index (Phi) is 3.60. The second-order valence-electron chi connectivity index (χ2n) is 6.46. The largest absolute Gasteiger partial charge is 0.327 e. The third-order valence-corrected chi connectivity index (χ3v) is 6.25. The summed E-state index contributed by atoms with van der Waals surface area (Å²) in [4.78, 5) is 4.63. The Balaban J connectivity index is 1.74. The fourth-order valence-corrected chi connectivity index (χ4v) is 4.83. The summed E-state index contributed by atoms with van der Waals surface area (Å²) in [6.45, 7) is 1.01. The van der Waals surface area contributed by atoms with Gasteiger partial charge in [-0.3, -0.25) is 0 Å². The fourth-order valence-electron chi connectivity index (χ4n) is 4.31. The molecule has 2 bridgehead atoms. The van der Waals surface area contributed by atoms with Crippen LogP contribution in [0.25, 0.3) is 11.0 Å². The molecular weight excluding hydrogens is 327 g/mol. The molecule has 2 aliphatic rings. The van der Waals surface area contributed by atoms with E-state index in [2.05, 4.69) is 9.55 Å². The molecule has 2 aromatic rings. The van der Waals surface area contributed by atoms with E-state index in [1.165, 1.54) is 25.7 Å². The molecule has 2 fully saturated rings. The Labute approximate surface area is 139 Å². The van der Waals surface area contributed by atoms with E-state index in [9.17, 15) is 0 Å². The Morgan fingerprint density at radius 2 is 1.95 bits per heavy atom. The monoisotopic (exact) mass is 342 g/mol. The lowest BCUT2D eigenvalue weighted by Gasteiger charge is -2.23. The Bertz CT molecular complexity index is 694. The third-order valence-electron chi connectivity index (χ3n) is 5.29. The van der Waals surface area contributed by atoms with Crippen molar-refractivity contribution in [1.82, 2.24) is 9.55 Å². The number of rotatable bonds is 3. The van der Waals surface area contributed by atoms with E-state index < -0.39 is 0 Å². The van der Waals surface area contributed by atoms with Gasteiger partial charge < -0.3 is 4.57 Å². The van der Waals surface area contributed by atoms with E-state index in [0.717, 1.165) is 41.2 Å². The summed E-state index contributed by atoms with van der Waals surface area (Å²) in [6.07, 6.45) is 5.59. The molecule has 2 saturated carbocycles. The van der Waals surface area contributed by atoms with Gasteiger partial charge in [0.05, 0.1) is 27.0 Å². The van der Waals surface area contributed by atoms with Gasteiger partial charge in [0.1, 0.15) is 5.82 Å². The first-order chi connectivity index (χ1) is 10.2. The van der Waals surface area contributed by atoms with Crippen molar-refractivity contribution in [3.8, 4) is 0 Å². The zero-order chi connectivity index (χ0) is 14.6. The zero-order valence-corrected chi connectivity index (χ0v) is 13.9. The van der Waals surface area contributed by atoms with Crippen LogP contribution in [0.15, 0.2) is 12.1 Å². The zero-order valence-electron chi connectivity index (χ0n) is 11.7. The summed E-state index contributed by atoms with van der Waals surface area (Å²) in [5.74, 6) is 3.95. The van der Waals surface area contributed by atoms with Gasteiger partial charge in [0.25, 0.3) is 0 Å². The van der Waals surface area contributed by atoms with Crippen molar-refractivity contribution in [3.05, 3.63) is 28.0 Å². The molecule has 2 aliphatic carbocycles. The van der Waals surface area contributed by atoms with Crippen LogP contribution >= 0.6 is 34.8 Å². The lowest BCUT2D eigenvalue weighted by atomic mass is 9.89. The average molecular weight is 344 g/mol. The van der Waals surface area contributed by atoms with Crippen LogP contribution in [-0.4, -0.2) is 9.55 Å². The number of fused-ring (bicyclic) bond motifs is 3. The van der Waals surface area contributed by atoms with Gasteiger partial charge >= 0.3 is 0 Å². The van der Waals surface area contributed by atoms with E-state index in [-0.39, 0.29) is 0 Å². The first-order valence-electron chi connectivity index (χ1n) is 7.56. The van der Waals surface area contributed by atoms with Gasteiger partial charge in [-0.2, -0.15) is 0 Å². The molecule has 0 N–H and O–H groups in total. The van der Waals surface area contributed by atoms with Crippen LogP contribution in [0, 0.1) is 17.8 Å². The minimum Gasteiger partial charge on any atom is -0.327 e. The number of alkyl halides is 1. The van der Waals surface area contributed by atoms with Gasteiger partial charge in [-0.15, -0.1) is 11.6 Å². The Morgan fingerprint density at radius 3 is 2.62 bits per heavy atom. The highest BCUT2D eigenvalue weighted by molar-refractivity contribution is 6.42. The molecule has 0 radical (unpaired) electrons. The summed E-state index contributed by atoms with van der Waals surface area (Å²) in [7, 11) is 0. The third kappa shape index (κ3) is 2.36. The molecule has 0 amide bonds. The van der Waals surface area contributed by atoms with Crippen LogP contribution < -0.4 is 0 Å². The first kappa shape index (κ1) is 14.2. The van der Waals surface area contributed by atoms with Crippen molar-refractivity contribution in [3.63, 3.8) is 0 Å². The summed E-state index contributed by atoms with van der Waals surface area (Å²) >= 11 is 18.4. The number of hydrogen-bond acceptors (Lipinski definition) is 1. The maximum absolute atomic E-state index is 6.19. The topological polar surface area (TPSA) is 17.8 Å². The second kappa shape index (κ2) is 5.33. The summed E-state index contributed by atoms with van der Waals surface area (Å²) in [6, 6.07) is 3.77. The smallest absolute Gasteiger partial charge is 0.124 e. The molecule has 21 heavy (non-hydrogen) atoms. The van der Waals surface area contributed by atoms with Gasteiger partial charge in [-0.05, 0) is 49.1 Å².